The molecule has 3 heterocycles. The van der Waals surface area contributed by atoms with Crippen LogP contribution in [0.25, 0.3) is 10.7 Å². The average molecular weight is 426 g/mol. The molecule has 0 aliphatic rings. The number of halogens is 2. The van der Waals surface area contributed by atoms with Crippen LogP contribution in [0.1, 0.15) is 29.1 Å². The molecular weight excluding hydrogens is 413 g/mol. The minimum atomic E-state index is -0.117. The Balaban J connectivity index is 1.54. The number of pyridine rings is 1. The molecule has 5 nitrogen and oxygen atoms in total. The minimum Gasteiger partial charge on any atom is -0.264 e. The van der Waals surface area contributed by atoms with E-state index < -0.39 is 0 Å². The van der Waals surface area contributed by atoms with E-state index in [0.717, 1.165) is 21.8 Å². The third-order valence-electron chi connectivity index (χ3n) is 4.04. The van der Waals surface area contributed by atoms with Crippen LogP contribution in [-0.4, -0.2) is 25.0 Å². The predicted octanol–water partition coefficient (Wildman–Crippen LogP) is 5.11. The van der Waals surface area contributed by atoms with Gasteiger partial charge >= 0.3 is 0 Å². The second-order valence-corrected chi connectivity index (χ2v) is 7.69. The van der Waals surface area contributed by atoms with Crippen molar-refractivity contribution in [3.63, 3.8) is 0 Å². The Morgan fingerprint density at radius 1 is 1.04 bits per heavy atom. The minimum absolute atomic E-state index is 0.117. The molecule has 0 amide bonds. The molecule has 0 radical (unpaired) electrons. The van der Waals surface area contributed by atoms with Crippen molar-refractivity contribution in [3.05, 3.63) is 81.2 Å². The molecule has 0 aliphatic heterocycles. The number of rotatable bonds is 3. The summed E-state index contributed by atoms with van der Waals surface area (Å²) >= 11 is 14.0. The summed E-state index contributed by atoms with van der Waals surface area (Å²) in [6.07, 6.45) is 5.29. The van der Waals surface area contributed by atoms with Crippen molar-refractivity contribution in [3.8, 4) is 22.5 Å². The molecule has 138 valence electrons. The second kappa shape index (κ2) is 8.11. The molecule has 0 saturated carbocycles. The zero-order chi connectivity index (χ0) is 19.5. The van der Waals surface area contributed by atoms with E-state index in [1.807, 2.05) is 49.5 Å². The summed E-state index contributed by atoms with van der Waals surface area (Å²) in [6, 6.07) is 11.0. The van der Waals surface area contributed by atoms with Crippen LogP contribution in [0.3, 0.4) is 0 Å². The van der Waals surface area contributed by atoms with Crippen molar-refractivity contribution in [2.45, 2.75) is 13.0 Å². The third kappa shape index (κ3) is 3.92. The third-order valence-corrected chi connectivity index (χ3v) is 5.56. The highest BCUT2D eigenvalue weighted by molar-refractivity contribution is 7.15. The number of benzene rings is 1. The molecule has 4 rings (SSSR count). The summed E-state index contributed by atoms with van der Waals surface area (Å²) in [7, 11) is 0. The van der Waals surface area contributed by atoms with Crippen molar-refractivity contribution in [2.75, 3.05) is 0 Å². The molecule has 0 saturated heterocycles. The normalized spacial score (nSPS) is 11.7. The van der Waals surface area contributed by atoms with Gasteiger partial charge in [-0.25, -0.2) is 0 Å². The quantitative estimate of drug-likeness (QED) is 0.427. The monoisotopic (exact) mass is 425 g/mol. The van der Waals surface area contributed by atoms with Gasteiger partial charge in [-0.3, -0.25) is 9.67 Å². The molecule has 0 N–H and O–H groups in total. The van der Waals surface area contributed by atoms with Gasteiger partial charge in [0, 0.05) is 28.0 Å². The zero-order valence-corrected chi connectivity index (χ0v) is 17.0. The van der Waals surface area contributed by atoms with E-state index in [0.29, 0.717) is 15.1 Å². The van der Waals surface area contributed by atoms with Crippen LogP contribution in [0, 0.1) is 11.8 Å². The van der Waals surface area contributed by atoms with E-state index in [1.165, 1.54) is 11.3 Å². The molecule has 1 unspecified atom stereocenters. The fraction of sp³-hybridized carbons (Fsp3) is 0.100. The fourth-order valence-electron chi connectivity index (χ4n) is 2.65. The summed E-state index contributed by atoms with van der Waals surface area (Å²) in [4.78, 5) is 4.27. The van der Waals surface area contributed by atoms with Crippen molar-refractivity contribution in [2.24, 2.45) is 0 Å². The lowest BCUT2D eigenvalue weighted by Crippen LogP contribution is -2.08. The van der Waals surface area contributed by atoms with Gasteiger partial charge in [-0.2, -0.15) is 5.10 Å². The van der Waals surface area contributed by atoms with Crippen molar-refractivity contribution >= 4 is 34.5 Å². The molecule has 8 heteroatoms. The van der Waals surface area contributed by atoms with Crippen molar-refractivity contribution < 1.29 is 0 Å². The molecule has 1 aromatic carbocycles. The highest BCUT2D eigenvalue weighted by atomic mass is 35.5. The lowest BCUT2D eigenvalue weighted by Gasteiger charge is -2.15. The Morgan fingerprint density at radius 3 is 2.61 bits per heavy atom. The van der Waals surface area contributed by atoms with Gasteiger partial charge in [-0.1, -0.05) is 52.6 Å². The summed E-state index contributed by atoms with van der Waals surface area (Å²) in [5.41, 5.74) is 2.38. The number of nitrogens with zero attached hydrogens (tertiary/aromatic N) is 5. The number of aromatic nitrogens is 5. The molecule has 28 heavy (non-hydrogen) atoms. The van der Waals surface area contributed by atoms with Gasteiger partial charge in [0.25, 0.3) is 0 Å². The van der Waals surface area contributed by atoms with Gasteiger partial charge in [0.05, 0.1) is 17.8 Å². The SMILES string of the molecule is CC(c1c(Cl)cccc1Cl)n1cc(C#Cc2nnc(-c3ccccn3)s2)cn1. The van der Waals surface area contributed by atoms with Crippen molar-refractivity contribution in [1.82, 2.24) is 25.0 Å². The first-order valence-corrected chi connectivity index (χ1v) is 9.94. The first-order valence-electron chi connectivity index (χ1n) is 8.37. The Bertz CT molecular complexity index is 1150. The molecule has 4 aromatic rings. The predicted molar refractivity (Wildman–Crippen MR) is 112 cm³/mol. The molecule has 3 aromatic heterocycles. The van der Waals surface area contributed by atoms with Gasteiger partial charge in [-0.15, -0.1) is 10.2 Å². The topological polar surface area (TPSA) is 56.5 Å². The largest absolute Gasteiger partial charge is 0.264 e. The zero-order valence-electron chi connectivity index (χ0n) is 14.7. The summed E-state index contributed by atoms with van der Waals surface area (Å²) in [6.45, 7) is 1.99. The lowest BCUT2D eigenvalue weighted by molar-refractivity contribution is 0.565. The number of hydrogen-bond donors (Lipinski definition) is 0. The van der Waals surface area contributed by atoms with E-state index in [1.54, 1.807) is 17.1 Å². The van der Waals surface area contributed by atoms with Crippen LogP contribution in [0.5, 0.6) is 0 Å². The Kier molecular flexibility index (Phi) is 5.40. The highest BCUT2D eigenvalue weighted by Crippen LogP contribution is 2.32. The summed E-state index contributed by atoms with van der Waals surface area (Å²) in [5.74, 6) is 6.10. The number of hydrogen-bond acceptors (Lipinski definition) is 5. The molecule has 0 spiro atoms. The Hall–Kier alpha value is -2.72. The Morgan fingerprint density at radius 2 is 1.86 bits per heavy atom. The smallest absolute Gasteiger partial charge is 0.191 e. The van der Waals surface area contributed by atoms with Gasteiger partial charge in [0.1, 0.15) is 5.69 Å². The van der Waals surface area contributed by atoms with Gasteiger partial charge in [-0.05, 0) is 37.1 Å². The fourth-order valence-corrected chi connectivity index (χ4v) is 4.04. The average Bonchev–Trinajstić information content (AvgIpc) is 3.36. The van der Waals surface area contributed by atoms with Crippen LogP contribution in [0.4, 0.5) is 0 Å². The molecule has 0 aliphatic carbocycles. The van der Waals surface area contributed by atoms with E-state index in [-0.39, 0.29) is 6.04 Å². The van der Waals surface area contributed by atoms with Gasteiger partial charge < -0.3 is 0 Å². The van der Waals surface area contributed by atoms with Crippen LogP contribution < -0.4 is 0 Å². The first-order chi connectivity index (χ1) is 13.6. The maximum Gasteiger partial charge on any atom is 0.191 e. The second-order valence-electron chi connectivity index (χ2n) is 5.90. The first kappa shape index (κ1) is 18.6. The van der Waals surface area contributed by atoms with Gasteiger partial charge in [0.15, 0.2) is 10.0 Å². The standard InChI is InChI=1S/C20H13Cl2N5S/c1-13(19-15(21)5-4-6-16(19)22)27-12-14(11-24-27)8-9-18-25-26-20(28-18)17-7-2-3-10-23-17/h2-7,10-13H,1H3. The van der Waals surface area contributed by atoms with Crippen LogP contribution in [0.15, 0.2) is 55.0 Å². The van der Waals surface area contributed by atoms with E-state index >= 15 is 0 Å². The summed E-state index contributed by atoms with van der Waals surface area (Å²) in [5, 5.41) is 15.2. The van der Waals surface area contributed by atoms with Crippen LogP contribution in [0.2, 0.25) is 10.0 Å². The highest BCUT2D eigenvalue weighted by Gasteiger charge is 2.16. The van der Waals surface area contributed by atoms with E-state index in [2.05, 4.69) is 32.1 Å². The van der Waals surface area contributed by atoms with E-state index in [4.69, 9.17) is 23.2 Å². The van der Waals surface area contributed by atoms with E-state index in [9.17, 15) is 0 Å². The lowest BCUT2D eigenvalue weighted by atomic mass is 10.1. The van der Waals surface area contributed by atoms with Gasteiger partial charge in [0.2, 0.25) is 0 Å². The Labute approximate surface area is 176 Å². The molecule has 0 fully saturated rings. The maximum atomic E-state index is 6.30. The molecular formula is C20H13Cl2N5S. The molecule has 0 bridgehead atoms. The summed E-state index contributed by atoms with van der Waals surface area (Å²) < 4.78 is 1.79. The maximum absolute atomic E-state index is 6.30. The van der Waals surface area contributed by atoms with Crippen LogP contribution >= 0.6 is 34.5 Å². The van der Waals surface area contributed by atoms with Crippen LogP contribution in [-0.2, 0) is 0 Å². The molecule has 1 atom stereocenters. The van der Waals surface area contributed by atoms with Crippen molar-refractivity contribution in [1.29, 1.82) is 0 Å².